The zero-order chi connectivity index (χ0) is 16.4. The summed E-state index contributed by atoms with van der Waals surface area (Å²) in [7, 11) is 0. The number of aryl methyl sites for hydroxylation is 4. The van der Waals surface area contributed by atoms with Crippen LogP contribution in [0.3, 0.4) is 0 Å². The predicted molar refractivity (Wildman–Crippen MR) is 90.2 cm³/mol. The molecule has 0 fully saturated rings. The number of aromatic nitrogens is 5. The first kappa shape index (κ1) is 15.1. The van der Waals surface area contributed by atoms with E-state index in [1.165, 1.54) is 5.56 Å². The molecule has 0 unspecified atom stereocenters. The van der Waals surface area contributed by atoms with Crippen molar-refractivity contribution in [1.82, 2.24) is 24.7 Å². The number of hydrogen-bond donors (Lipinski definition) is 0. The molecule has 0 amide bonds. The minimum Gasteiger partial charge on any atom is -0.202 e. The van der Waals surface area contributed by atoms with E-state index in [9.17, 15) is 0 Å². The van der Waals surface area contributed by atoms with E-state index in [0.717, 1.165) is 23.4 Å². The first-order valence-electron chi connectivity index (χ1n) is 7.67. The van der Waals surface area contributed by atoms with Gasteiger partial charge in [0, 0.05) is 5.69 Å². The Balaban J connectivity index is 1.95. The summed E-state index contributed by atoms with van der Waals surface area (Å²) < 4.78 is 3.46. The Morgan fingerprint density at radius 3 is 2.43 bits per heavy atom. The van der Waals surface area contributed by atoms with E-state index in [2.05, 4.69) is 51.6 Å². The Bertz CT molecular complexity index is 839. The predicted octanol–water partition coefficient (Wildman–Crippen LogP) is 2.83. The number of nitrogens with zero attached hydrogens (tertiary/aromatic N) is 6. The van der Waals surface area contributed by atoms with Crippen LogP contribution in [0.2, 0.25) is 0 Å². The lowest BCUT2D eigenvalue weighted by atomic mass is 10.1. The molecular formula is C17H20N6. The Morgan fingerprint density at radius 2 is 1.83 bits per heavy atom. The summed E-state index contributed by atoms with van der Waals surface area (Å²) in [5.74, 6) is 1.31. The Kier molecular flexibility index (Phi) is 4.06. The molecule has 0 aliphatic rings. The van der Waals surface area contributed by atoms with Gasteiger partial charge in [0.25, 0.3) is 5.95 Å². The molecule has 0 atom stereocenters. The molecule has 3 aromatic rings. The quantitative estimate of drug-likeness (QED) is 0.696. The van der Waals surface area contributed by atoms with Gasteiger partial charge in [0.05, 0.1) is 11.9 Å². The molecule has 2 aromatic heterocycles. The molecule has 0 N–H and O–H groups in total. The van der Waals surface area contributed by atoms with Gasteiger partial charge in [-0.3, -0.25) is 0 Å². The molecular weight excluding hydrogens is 288 g/mol. The van der Waals surface area contributed by atoms with Gasteiger partial charge in [0.2, 0.25) is 0 Å². The number of benzene rings is 1. The van der Waals surface area contributed by atoms with E-state index in [1.54, 1.807) is 9.36 Å². The van der Waals surface area contributed by atoms with Gasteiger partial charge in [0.15, 0.2) is 5.82 Å². The third-order valence-corrected chi connectivity index (χ3v) is 3.69. The first-order valence-corrected chi connectivity index (χ1v) is 7.67. The first-order chi connectivity index (χ1) is 11.1. The van der Waals surface area contributed by atoms with Crippen molar-refractivity contribution in [3.63, 3.8) is 0 Å². The molecule has 23 heavy (non-hydrogen) atoms. The highest BCUT2D eigenvalue weighted by atomic mass is 15.5. The van der Waals surface area contributed by atoms with Gasteiger partial charge in [-0.1, -0.05) is 31.2 Å². The van der Waals surface area contributed by atoms with E-state index >= 15 is 0 Å². The lowest BCUT2D eigenvalue weighted by Gasteiger charge is -2.04. The van der Waals surface area contributed by atoms with Gasteiger partial charge >= 0.3 is 0 Å². The zero-order valence-electron chi connectivity index (χ0n) is 13.9. The highest BCUT2D eigenvalue weighted by molar-refractivity contribution is 5.79. The Morgan fingerprint density at radius 1 is 1.09 bits per heavy atom. The second-order valence-electron chi connectivity index (χ2n) is 5.54. The maximum atomic E-state index is 4.52. The molecule has 2 heterocycles. The summed E-state index contributed by atoms with van der Waals surface area (Å²) in [6.07, 6.45) is 2.84. The van der Waals surface area contributed by atoms with Crippen molar-refractivity contribution in [1.29, 1.82) is 0 Å². The van der Waals surface area contributed by atoms with E-state index in [4.69, 9.17) is 0 Å². The fourth-order valence-electron chi connectivity index (χ4n) is 2.41. The van der Waals surface area contributed by atoms with E-state index < -0.39 is 0 Å². The van der Waals surface area contributed by atoms with Crippen LogP contribution in [0.1, 0.15) is 35.3 Å². The van der Waals surface area contributed by atoms with Crippen LogP contribution >= 0.6 is 0 Å². The standard InChI is InChI=1S/C17H20N6/c1-5-15-6-8-16(9-7-15)11-18-23-14(4)19-20-17(23)22-13(3)10-12(2)21-22/h6-11H,5H2,1-4H3/b18-11-. The molecule has 0 aliphatic carbocycles. The van der Waals surface area contributed by atoms with Gasteiger partial charge in [-0.2, -0.15) is 14.9 Å². The van der Waals surface area contributed by atoms with Crippen molar-refractivity contribution in [3.05, 3.63) is 58.7 Å². The van der Waals surface area contributed by atoms with E-state index in [1.807, 2.05) is 33.1 Å². The molecule has 0 aliphatic heterocycles. The smallest absolute Gasteiger partial charge is 0.202 e. The third kappa shape index (κ3) is 3.06. The average molecular weight is 308 g/mol. The highest BCUT2D eigenvalue weighted by Gasteiger charge is 2.13. The molecule has 3 rings (SSSR count). The molecule has 0 spiro atoms. The summed E-state index contributed by atoms with van der Waals surface area (Å²) in [4.78, 5) is 0. The monoisotopic (exact) mass is 308 g/mol. The van der Waals surface area contributed by atoms with Crippen LogP contribution in [0.5, 0.6) is 0 Å². The molecule has 0 saturated heterocycles. The maximum Gasteiger partial charge on any atom is 0.273 e. The van der Waals surface area contributed by atoms with Crippen LogP contribution in [0.4, 0.5) is 0 Å². The van der Waals surface area contributed by atoms with Crippen molar-refractivity contribution in [3.8, 4) is 5.95 Å². The summed E-state index contributed by atoms with van der Waals surface area (Å²) in [5, 5.41) is 17.3. The Hall–Kier alpha value is -2.76. The molecule has 0 radical (unpaired) electrons. The fraction of sp³-hybridized carbons (Fsp3) is 0.294. The molecule has 1 aromatic carbocycles. The van der Waals surface area contributed by atoms with E-state index in [0.29, 0.717) is 11.8 Å². The summed E-state index contributed by atoms with van der Waals surface area (Å²) in [6.45, 7) is 7.96. The maximum absolute atomic E-state index is 4.52. The van der Waals surface area contributed by atoms with Crippen molar-refractivity contribution in [2.45, 2.75) is 34.1 Å². The van der Waals surface area contributed by atoms with Crippen LogP contribution < -0.4 is 0 Å². The number of hydrogen-bond acceptors (Lipinski definition) is 4. The second-order valence-corrected chi connectivity index (χ2v) is 5.54. The van der Waals surface area contributed by atoms with Gasteiger partial charge < -0.3 is 0 Å². The molecule has 6 heteroatoms. The third-order valence-electron chi connectivity index (χ3n) is 3.69. The SMILES string of the molecule is CCc1ccc(/C=N\n2c(C)nnc2-n2nc(C)cc2C)cc1. The Labute approximate surface area is 135 Å². The summed E-state index contributed by atoms with van der Waals surface area (Å²) in [6, 6.07) is 10.3. The average Bonchev–Trinajstić information content (AvgIpc) is 3.07. The number of rotatable bonds is 4. The second kappa shape index (κ2) is 6.16. The highest BCUT2D eigenvalue weighted by Crippen LogP contribution is 2.11. The van der Waals surface area contributed by atoms with E-state index in [-0.39, 0.29) is 0 Å². The molecule has 0 bridgehead atoms. The van der Waals surface area contributed by atoms with Crippen LogP contribution in [0, 0.1) is 20.8 Å². The molecule has 6 nitrogen and oxygen atoms in total. The summed E-state index contributed by atoms with van der Waals surface area (Å²) >= 11 is 0. The minimum atomic E-state index is 0.592. The van der Waals surface area contributed by atoms with Crippen molar-refractivity contribution in [2.75, 3.05) is 0 Å². The van der Waals surface area contributed by atoms with Crippen molar-refractivity contribution >= 4 is 6.21 Å². The molecule has 118 valence electrons. The van der Waals surface area contributed by atoms with Crippen LogP contribution in [0.25, 0.3) is 5.95 Å². The zero-order valence-corrected chi connectivity index (χ0v) is 13.9. The van der Waals surface area contributed by atoms with Crippen LogP contribution in [0.15, 0.2) is 35.4 Å². The van der Waals surface area contributed by atoms with Crippen molar-refractivity contribution < 1.29 is 0 Å². The fourth-order valence-corrected chi connectivity index (χ4v) is 2.41. The van der Waals surface area contributed by atoms with Gasteiger partial charge in [-0.15, -0.1) is 10.2 Å². The van der Waals surface area contributed by atoms with Crippen LogP contribution in [-0.4, -0.2) is 30.9 Å². The summed E-state index contributed by atoms with van der Waals surface area (Å²) in [5.41, 5.74) is 4.29. The van der Waals surface area contributed by atoms with Gasteiger partial charge in [0.1, 0.15) is 0 Å². The minimum absolute atomic E-state index is 0.592. The van der Waals surface area contributed by atoms with Crippen molar-refractivity contribution in [2.24, 2.45) is 5.10 Å². The normalized spacial score (nSPS) is 11.5. The largest absolute Gasteiger partial charge is 0.273 e. The van der Waals surface area contributed by atoms with Gasteiger partial charge in [-0.05, 0) is 44.4 Å². The topological polar surface area (TPSA) is 60.9 Å². The van der Waals surface area contributed by atoms with Crippen LogP contribution in [-0.2, 0) is 6.42 Å². The van der Waals surface area contributed by atoms with Gasteiger partial charge in [-0.25, -0.2) is 4.68 Å². The lowest BCUT2D eigenvalue weighted by molar-refractivity contribution is 0.708. The lowest BCUT2D eigenvalue weighted by Crippen LogP contribution is -2.07. The molecule has 0 saturated carbocycles.